The Bertz CT molecular complexity index is 185. The molecule has 0 unspecified atom stereocenters. The average molecular weight is 369 g/mol. The van der Waals surface area contributed by atoms with Crippen LogP contribution >= 0.6 is 20.2 Å². The van der Waals surface area contributed by atoms with Gasteiger partial charge in [0.25, 0.3) is 0 Å². The summed E-state index contributed by atoms with van der Waals surface area (Å²) in [6.45, 7) is 12.8. The fourth-order valence-corrected chi connectivity index (χ4v) is 1.90. The summed E-state index contributed by atoms with van der Waals surface area (Å²) in [4.78, 5) is 0. The third-order valence-corrected chi connectivity index (χ3v) is 2.97. The van der Waals surface area contributed by atoms with Crippen molar-refractivity contribution >= 4 is 20.2 Å². The van der Waals surface area contributed by atoms with E-state index in [9.17, 15) is 0 Å². The SMILES string of the molecule is C[C@@H]1CNCCNCCN[C@@H](C)CNCCN1.[Cl][Mn][Cl]. The van der Waals surface area contributed by atoms with Crippen LogP contribution in [0.1, 0.15) is 13.8 Å². The number of hydrogen-bond donors (Lipinski definition) is 5. The molecule has 0 spiro atoms. The van der Waals surface area contributed by atoms with E-state index in [1.54, 1.807) is 0 Å². The van der Waals surface area contributed by atoms with E-state index in [4.69, 9.17) is 20.2 Å². The normalized spacial score (nSPS) is 27.6. The molecule has 5 nitrogen and oxygen atoms in total. The molecule has 0 aromatic heterocycles. The van der Waals surface area contributed by atoms with Crippen molar-refractivity contribution < 1.29 is 13.1 Å². The topological polar surface area (TPSA) is 60.1 Å². The van der Waals surface area contributed by atoms with Crippen LogP contribution in [0.5, 0.6) is 0 Å². The molecule has 1 fully saturated rings. The van der Waals surface area contributed by atoms with Crippen LogP contribution in [0.15, 0.2) is 0 Å². The van der Waals surface area contributed by atoms with Gasteiger partial charge in [-0.3, -0.25) is 0 Å². The molecule has 0 aromatic carbocycles. The second-order valence-corrected chi connectivity index (χ2v) is 6.87. The molecule has 1 heterocycles. The predicted molar refractivity (Wildman–Crippen MR) is 85.2 cm³/mol. The predicted octanol–water partition coefficient (Wildman–Crippen LogP) is 0.102. The number of rotatable bonds is 0. The first kappa shape index (κ1) is 20.9. The van der Waals surface area contributed by atoms with Crippen molar-refractivity contribution in [2.24, 2.45) is 0 Å². The molecule has 5 N–H and O–H groups in total. The van der Waals surface area contributed by atoms with Gasteiger partial charge in [0.15, 0.2) is 0 Å². The minimum absolute atomic E-state index is 0.00694. The van der Waals surface area contributed by atoms with Crippen LogP contribution in [0, 0.1) is 0 Å². The fourth-order valence-electron chi connectivity index (χ4n) is 1.90. The Morgan fingerprint density at radius 1 is 0.700 bits per heavy atom. The second-order valence-electron chi connectivity index (χ2n) is 4.92. The molecule has 123 valence electrons. The van der Waals surface area contributed by atoms with Crippen LogP contribution in [-0.4, -0.2) is 64.4 Å². The van der Waals surface area contributed by atoms with Gasteiger partial charge in [-0.2, -0.15) is 0 Å². The second kappa shape index (κ2) is 16.3. The maximum atomic E-state index is 4.80. The van der Waals surface area contributed by atoms with E-state index in [0.717, 1.165) is 52.4 Å². The molecule has 20 heavy (non-hydrogen) atoms. The van der Waals surface area contributed by atoms with Crippen LogP contribution in [0.25, 0.3) is 0 Å². The summed E-state index contributed by atoms with van der Waals surface area (Å²) in [6.07, 6.45) is 0. The van der Waals surface area contributed by atoms with Crippen LogP contribution in [0.3, 0.4) is 0 Å². The molecule has 2 atom stereocenters. The van der Waals surface area contributed by atoms with Crippen molar-refractivity contribution in [1.29, 1.82) is 0 Å². The zero-order chi connectivity index (χ0) is 15.1. The Balaban J connectivity index is 0.00000110. The van der Waals surface area contributed by atoms with E-state index in [1.807, 2.05) is 0 Å². The van der Waals surface area contributed by atoms with Gasteiger partial charge in [-0.15, -0.1) is 0 Å². The van der Waals surface area contributed by atoms with Crippen molar-refractivity contribution in [3.8, 4) is 0 Å². The maximum absolute atomic E-state index is 4.80. The first-order valence-electron chi connectivity index (χ1n) is 7.16. The number of nitrogens with one attached hydrogen (secondary N) is 5. The Labute approximate surface area is 138 Å². The standard InChI is InChI=1S/C12H29N5.2ClH.Mn/c1-11-9-14-4-3-13-5-7-16-12(2)10-15-6-8-17-11;;;/h11-17H,3-10H2,1-2H3;2*1H;/q;;;+2/p-2/t11-,12+;;;/m1.../s1. The zero-order valence-corrected chi connectivity index (χ0v) is 15.1. The van der Waals surface area contributed by atoms with Gasteiger partial charge < -0.3 is 26.6 Å². The van der Waals surface area contributed by atoms with E-state index in [2.05, 4.69) is 40.4 Å². The van der Waals surface area contributed by atoms with Crippen LogP contribution in [0.4, 0.5) is 0 Å². The number of halogens is 2. The molecule has 0 amide bonds. The van der Waals surface area contributed by atoms with Gasteiger partial charge >= 0.3 is 33.3 Å². The van der Waals surface area contributed by atoms with Crippen molar-refractivity contribution in [1.82, 2.24) is 26.6 Å². The summed E-state index contributed by atoms with van der Waals surface area (Å²) < 4.78 is 0. The van der Waals surface area contributed by atoms with Gasteiger partial charge in [-0.1, -0.05) is 0 Å². The number of hydrogen-bond acceptors (Lipinski definition) is 5. The van der Waals surface area contributed by atoms with Crippen molar-refractivity contribution in [3.63, 3.8) is 0 Å². The average Bonchev–Trinajstić information content (AvgIpc) is 2.42. The zero-order valence-electron chi connectivity index (χ0n) is 12.4. The Morgan fingerprint density at radius 2 is 1.05 bits per heavy atom. The van der Waals surface area contributed by atoms with Crippen LogP contribution < -0.4 is 26.6 Å². The van der Waals surface area contributed by atoms with Gasteiger partial charge in [0, 0.05) is 64.4 Å². The van der Waals surface area contributed by atoms with Gasteiger partial charge in [0.2, 0.25) is 0 Å². The molecule has 0 bridgehead atoms. The Morgan fingerprint density at radius 3 is 1.55 bits per heavy atom. The quantitative estimate of drug-likeness (QED) is 0.392. The van der Waals surface area contributed by atoms with Crippen molar-refractivity contribution in [2.75, 3.05) is 52.4 Å². The Kier molecular flexibility index (Phi) is 17.0. The van der Waals surface area contributed by atoms with E-state index in [-0.39, 0.29) is 13.1 Å². The van der Waals surface area contributed by atoms with Crippen LogP contribution in [-0.2, 0) is 13.1 Å². The summed E-state index contributed by atoms with van der Waals surface area (Å²) in [5.74, 6) is 0. The molecule has 1 saturated heterocycles. The monoisotopic (exact) mass is 368 g/mol. The molecule has 0 radical (unpaired) electrons. The third-order valence-electron chi connectivity index (χ3n) is 2.97. The van der Waals surface area contributed by atoms with E-state index in [0.29, 0.717) is 12.1 Å². The van der Waals surface area contributed by atoms with Crippen LogP contribution in [0.2, 0.25) is 0 Å². The summed E-state index contributed by atoms with van der Waals surface area (Å²) in [6, 6.07) is 1.08. The van der Waals surface area contributed by atoms with E-state index >= 15 is 0 Å². The first-order valence-corrected chi connectivity index (χ1v) is 10.4. The van der Waals surface area contributed by atoms with Gasteiger partial charge in [0.1, 0.15) is 0 Å². The summed E-state index contributed by atoms with van der Waals surface area (Å²) in [7, 11) is 9.59. The van der Waals surface area contributed by atoms with Gasteiger partial charge in [-0.25, -0.2) is 0 Å². The fraction of sp³-hybridized carbons (Fsp3) is 1.00. The molecular weight excluding hydrogens is 340 g/mol. The summed E-state index contributed by atoms with van der Waals surface area (Å²) in [5.41, 5.74) is 0. The molecule has 8 heteroatoms. The van der Waals surface area contributed by atoms with Crippen molar-refractivity contribution in [2.45, 2.75) is 25.9 Å². The summed E-state index contributed by atoms with van der Waals surface area (Å²) >= 11 is 0.00694. The van der Waals surface area contributed by atoms with Gasteiger partial charge in [-0.05, 0) is 13.8 Å². The molecule has 0 aromatic rings. The molecule has 1 rings (SSSR count). The third kappa shape index (κ3) is 15.3. The molecule has 1 aliphatic heterocycles. The van der Waals surface area contributed by atoms with E-state index < -0.39 is 0 Å². The van der Waals surface area contributed by atoms with Gasteiger partial charge in [0.05, 0.1) is 0 Å². The minimum atomic E-state index is 0.00694. The summed E-state index contributed by atoms with van der Waals surface area (Å²) in [5, 5.41) is 17.3. The van der Waals surface area contributed by atoms with E-state index in [1.165, 1.54) is 0 Å². The molecule has 0 saturated carbocycles. The molecule has 0 aliphatic carbocycles. The van der Waals surface area contributed by atoms with Crippen molar-refractivity contribution in [3.05, 3.63) is 0 Å². The molecular formula is C12H29Cl2MnN5. The Hall–Kier alpha value is 0.899. The molecule has 1 aliphatic rings. The first-order chi connectivity index (χ1) is 9.70.